The molecule has 2 fully saturated rings. The molecule has 3 aromatic rings. The summed E-state index contributed by atoms with van der Waals surface area (Å²) >= 11 is 0. The van der Waals surface area contributed by atoms with Crippen LogP contribution in [0.25, 0.3) is 11.0 Å². The van der Waals surface area contributed by atoms with Gasteiger partial charge in [-0.1, -0.05) is 24.3 Å². The third-order valence-corrected chi connectivity index (χ3v) is 5.66. The first-order valence-corrected chi connectivity index (χ1v) is 10.5. The lowest BCUT2D eigenvalue weighted by Gasteiger charge is -2.23. The molecule has 2 saturated carbocycles. The molecule has 1 aromatic heterocycles. The van der Waals surface area contributed by atoms with Crippen LogP contribution in [0.15, 0.2) is 48.5 Å². The number of aromatic nitrogens is 2. The van der Waals surface area contributed by atoms with Crippen molar-refractivity contribution in [1.29, 1.82) is 0 Å². The zero-order valence-electron chi connectivity index (χ0n) is 18.2. The van der Waals surface area contributed by atoms with E-state index in [-0.39, 0.29) is 24.5 Å². The van der Waals surface area contributed by atoms with Crippen LogP contribution in [0.5, 0.6) is 0 Å². The highest BCUT2D eigenvalue weighted by Crippen LogP contribution is 2.34. The Morgan fingerprint density at radius 2 is 1.62 bits per heavy atom. The minimum atomic E-state index is -0.843. The van der Waals surface area contributed by atoms with Gasteiger partial charge in [-0.2, -0.15) is 0 Å². The monoisotopic (exact) mass is 436 g/mol. The van der Waals surface area contributed by atoms with E-state index in [9.17, 15) is 14.4 Å². The summed E-state index contributed by atoms with van der Waals surface area (Å²) in [6, 6.07) is 15.7. The summed E-state index contributed by atoms with van der Waals surface area (Å²) < 4.78 is 2.10. The zero-order valence-corrected chi connectivity index (χ0v) is 18.2. The summed E-state index contributed by atoms with van der Waals surface area (Å²) in [6.07, 6.45) is 1.82. The minimum Gasteiger partial charge on any atom is -0.481 e. The van der Waals surface area contributed by atoms with Crippen molar-refractivity contribution in [3.05, 3.63) is 54.4 Å². The molecular formula is C24H28N4O4. The van der Waals surface area contributed by atoms with Crippen molar-refractivity contribution in [2.75, 3.05) is 18.1 Å². The Hall–Kier alpha value is -3.68. The normalized spacial score (nSPS) is 15.6. The van der Waals surface area contributed by atoms with Crippen LogP contribution in [0.2, 0.25) is 0 Å². The number of fused-ring (bicyclic) bond motifs is 1. The number of aliphatic carboxylic acids is 1. The van der Waals surface area contributed by atoms with E-state index in [2.05, 4.69) is 20.9 Å². The molecule has 2 aliphatic rings. The standard InChI is InChI=1S/C12H12N2O.C7H10N2.C5H6O3/c1-14-11-5-3-2-4-10(11)13-12(14)8-6-9(15)7-8;1-9-7-5-3-2-4-6(7)8;6-4-1-3(2-4)5(7)8/h2-5,8H,6-7H2,1H3;2-5,9H,8H2,1H3;3H,1-2H2,(H,7,8). The van der Waals surface area contributed by atoms with Crippen molar-refractivity contribution < 1.29 is 19.5 Å². The van der Waals surface area contributed by atoms with Gasteiger partial charge in [0.2, 0.25) is 0 Å². The number of hydrogen-bond donors (Lipinski definition) is 3. The molecule has 168 valence electrons. The van der Waals surface area contributed by atoms with E-state index in [1.807, 2.05) is 56.6 Å². The Labute approximate surface area is 186 Å². The number of nitrogens with zero attached hydrogens (tertiary/aromatic N) is 2. The second-order valence-corrected chi connectivity index (χ2v) is 7.98. The first-order valence-electron chi connectivity index (χ1n) is 10.5. The molecule has 4 N–H and O–H groups in total. The van der Waals surface area contributed by atoms with E-state index in [1.54, 1.807) is 0 Å². The molecule has 0 spiro atoms. The molecule has 1 heterocycles. The van der Waals surface area contributed by atoms with Crippen LogP contribution >= 0.6 is 0 Å². The first-order chi connectivity index (χ1) is 15.3. The fourth-order valence-electron chi connectivity index (χ4n) is 3.59. The lowest BCUT2D eigenvalue weighted by atomic mass is 9.83. The SMILES string of the molecule is CNc1ccccc1N.Cn1c(C2CC(=O)C2)nc2ccccc21.O=C1CC(C(=O)O)C1. The first kappa shape index (κ1) is 23.0. The number of nitrogens with one attached hydrogen (secondary N) is 1. The van der Waals surface area contributed by atoms with Gasteiger partial charge in [0, 0.05) is 45.7 Å². The molecule has 8 heteroatoms. The number of nitrogen functional groups attached to an aromatic ring is 1. The maximum Gasteiger partial charge on any atom is 0.307 e. The number of nitrogens with two attached hydrogens (primary N) is 1. The largest absolute Gasteiger partial charge is 0.481 e. The second kappa shape index (κ2) is 10.1. The van der Waals surface area contributed by atoms with Crippen molar-refractivity contribution in [3.63, 3.8) is 0 Å². The molecule has 0 amide bonds. The van der Waals surface area contributed by atoms with Crippen molar-refractivity contribution in [1.82, 2.24) is 9.55 Å². The number of para-hydroxylation sites is 4. The van der Waals surface area contributed by atoms with Crippen LogP contribution in [0.4, 0.5) is 11.4 Å². The summed E-state index contributed by atoms with van der Waals surface area (Å²) in [5, 5.41) is 11.2. The maximum atomic E-state index is 11.0. The molecule has 32 heavy (non-hydrogen) atoms. The van der Waals surface area contributed by atoms with Crippen molar-refractivity contribution in [2.45, 2.75) is 31.6 Å². The number of hydrogen-bond acceptors (Lipinski definition) is 6. The molecule has 2 aromatic carbocycles. The predicted octanol–water partition coefficient (Wildman–Crippen LogP) is 3.38. The fraction of sp³-hybridized carbons (Fsp3) is 0.333. The number of aryl methyl sites for hydroxylation is 1. The van der Waals surface area contributed by atoms with Crippen LogP contribution in [0, 0.1) is 5.92 Å². The number of anilines is 2. The van der Waals surface area contributed by atoms with Gasteiger partial charge >= 0.3 is 5.97 Å². The average molecular weight is 437 g/mol. The van der Waals surface area contributed by atoms with Crippen molar-refractivity contribution in [3.8, 4) is 0 Å². The molecule has 0 unspecified atom stereocenters. The molecular weight excluding hydrogens is 408 g/mol. The molecule has 2 aliphatic carbocycles. The van der Waals surface area contributed by atoms with E-state index < -0.39 is 5.97 Å². The van der Waals surface area contributed by atoms with E-state index in [0.29, 0.717) is 24.5 Å². The molecule has 0 aliphatic heterocycles. The Bertz CT molecular complexity index is 1120. The van der Waals surface area contributed by atoms with Crippen LogP contribution < -0.4 is 11.1 Å². The van der Waals surface area contributed by atoms with Gasteiger partial charge in [0.25, 0.3) is 0 Å². The molecule has 8 nitrogen and oxygen atoms in total. The Morgan fingerprint density at radius 3 is 2.09 bits per heavy atom. The predicted molar refractivity (Wildman–Crippen MR) is 123 cm³/mol. The lowest BCUT2D eigenvalue weighted by Crippen LogP contribution is -2.29. The van der Waals surface area contributed by atoms with Crippen LogP contribution in [0.3, 0.4) is 0 Å². The van der Waals surface area contributed by atoms with Crippen LogP contribution in [-0.2, 0) is 21.4 Å². The van der Waals surface area contributed by atoms with Gasteiger partial charge in [0.1, 0.15) is 17.4 Å². The van der Waals surface area contributed by atoms with Crippen molar-refractivity contribution >= 4 is 39.9 Å². The number of carbonyl (C=O) groups excluding carboxylic acids is 2. The summed E-state index contributed by atoms with van der Waals surface area (Å²) in [6.45, 7) is 0. The average Bonchev–Trinajstić information content (AvgIpc) is 3.07. The number of ketones is 2. The highest BCUT2D eigenvalue weighted by Gasteiger charge is 2.32. The summed E-state index contributed by atoms with van der Waals surface area (Å²) in [4.78, 5) is 35.7. The number of imidazole rings is 1. The Kier molecular flexibility index (Phi) is 7.25. The quantitative estimate of drug-likeness (QED) is 0.537. The molecule has 0 atom stereocenters. The van der Waals surface area contributed by atoms with E-state index in [0.717, 1.165) is 28.2 Å². The van der Waals surface area contributed by atoms with Gasteiger partial charge in [-0.05, 0) is 24.3 Å². The maximum absolute atomic E-state index is 11.0. The topological polar surface area (TPSA) is 127 Å². The number of rotatable bonds is 3. The van der Waals surface area contributed by atoms with Gasteiger partial charge in [0.05, 0.1) is 28.3 Å². The second-order valence-electron chi connectivity index (χ2n) is 7.98. The number of carbonyl (C=O) groups is 3. The molecule has 5 rings (SSSR count). The summed E-state index contributed by atoms with van der Waals surface area (Å²) in [5.41, 5.74) is 9.51. The van der Waals surface area contributed by atoms with Gasteiger partial charge < -0.3 is 20.7 Å². The van der Waals surface area contributed by atoms with Gasteiger partial charge in [-0.25, -0.2) is 4.98 Å². The Balaban J connectivity index is 0.000000147. The van der Waals surface area contributed by atoms with E-state index in [1.165, 1.54) is 0 Å². The fourth-order valence-corrected chi connectivity index (χ4v) is 3.59. The smallest absolute Gasteiger partial charge is 0.307 e. The third-order valence-electron chi connectivity index (χ3n) is 5.66. The Morgan fingerprint density at radius 1 is 1.03 bits per heavy atom. The number of carboxylic acid groups (broad SMARTS) is 1. The highest BCUT2D eigenvalue weighted by molar-refractivity contribution is 5.93. The number of carboxylic acids is 1. The summed E-state index contributed by atoms with van der Waals surface area (Å²) in [5.74, 6) is 0.599. The van der Waals surface area contributed by atoms with Crippen molar-refractivity contribution in [2.24, 2.45) is 13.0 Å². The molecule has 0 saturated heterocycles. The highest BCUT2D eigenvalue weighted by atomic mass is 16.4. The van der Waals surface area contributed by atoms with Gasteiger partial charge in [0.15, 0.2) is 0 Å². The minimum absolute atomic E-state index is 0.0670. The third kappa shape index (κ3) is 5.32. The molecule has 0 radical (unpaired) electrons. The van der Waals surface area contributed by atoms with Crippen LogP contribution in [0.1, 0.15) is 37.4 Å². The van der Waals surface area contributed by atoms with E-state index >= 15 is 0 Å². The molecule has 0 bridgehead atoms. The van der Waals surface area contributed by atoms with Gasteiger partial charge in [-0.3, -0.25) is 14.4 Å². The van der Waals surface area contributed by atoms with Crippen LogP contribution in [-0.4, -0.2) is 39.2 Å². The lowest BCUT2D eigenvalue weighted by molar-refractivity contribution is -0.149. The van der Waals surface area contributed by atoms with E-state index in [4.69, 9.17) is 10.8 Å². The zero-order chi connectivity index (χ0) is 23.3. The number of Topliss-reactive ketones (excluding diaryl/α,β-unsaturated/α-hetero) is 2. The summed E-state index contributed by atoms with van der Waals surface area (Å²) in [7, 11) is 3.87. The number of benzene rings is 2. The van der Waals surface area contributed by atoms with Gasteiger partial charge in [-0.15, -0.1) is 0 Å².